The van der Waals surface area contributed by atoms with Crippen LogP contribution in [0.5, 0.6) is 0 Å². The first-order valence-corrected chi connectivity index (χ1v) is 20.5. The van der Waals surface area contributed by atoms with Gasteiger partial charge in [0, 0.05) is 19.6 Å². The molecule has 0 aliphatic heterocycles. The summed E-state index contributed by atoms with van der Waals surface area (Å²) < 4.78 is 24.8. The number of nitrogens with one attached hydrogen (secondary N) is 1. The van der Waals surface area contributed by atoms with Crippen molar-refractivity contribution < 1.29 is 27.9 Å². The van der Waals surface area contributed by atoms with Crippen LogP contribution in [-0.2, 0) is 18.3 Å². The molecule has 0 radical (unpaired) electrons. The van der Waals surface area contributed by atoms with Crippen LogP contribution in [0.2, 0.25) is 36.3 Å². The Hall–Kier alpha value is -1.15. The van der Waals surface area contributed by atoms with Crippen molar-refractivity contribution in [2.75, 3.05) is 26.2 Å². The summed E-state index contributed by atoms with van der Waals surface area (Å²) in [7, 11) is -3.96. The average molecular weight is 606 g/mol. The van der Waals surface area contributed by atoms with E-state index in [2.05, 4.69) is 46.9 Å². The largest absolute Gasteiger partial charge is 0.444 e. The zero-order valence-electron chi connectivity index (χ0n) is 27.9. The van der Waals surface area contributed by atoms with Crippen LogP contribution in [0.25, 0.3) is 0 Å². The minimum Gasteiger partial charge on any atom is -0.444 e. The van der Waals surface area contributed by atoms with E-state index in [9.17, 15) is 9.59 Å². The Balaban J connectivity index is 6.09. The molecule has 2 unspecified atom stereocenters. The normalized spacial score (nSPS) is 14.4. The fourth-order valence-corrected chi connectivity index (χ4v) is 10.5. The average Bonchev–Trinajstić information content (AvgIpc) is 2.87. The number of nitrogens with zero attached hydrogens (tertiary/aromatic N) is 1. The highest BCUT2D eigenvalue weighted by atomic mass is 28.4. The van der Waals surface area contributed by atoms with Gasteiger partial charge in [0.1, 0.15) is 11.2 Å². The van der Waals surface area contributed by atoms with Crippen molar-refractivity contribution in [1.29, 1.82) is 0 Å². The number of ether oxygens (including phenoxy) is 2. The molecule has 3 N–H and O–H groups in total. The summed E-state index contributed by atoms with van der Waals surface area (Å²) in [5.41, 5.74) is 4.99. The van der Waals surface area contributed by atoms with Crippen LogP contribution in [-0.4, -0.2) is 83.3 Å². The fraction of sp³-hybridized carbons (Fsp3) is 0.931. The van der Waals surface area contributed by atoms with E-state index in [0.717, 1.165) is 36.3 Å². The highest BCUT2D eigenvalue weighted by Gasteiger charge is 2.36. The molecule has 0 aromatic rings. The fourth-order valence-electron chi connectivity index (χ4n) is 4.75. The van der Waals surface area contributed by atoms with Gasteiger partial charge in [0.05, 0.1) is 18.8 Å². The summed E-state index contributed by atoms with van der Waals surface area (Å²) >= 11 is 0. The molecule has 2 atom stereocenters. The van der Waals surface area contributed by atoms with Gasteiger partial charge in [-0.2, -0.15) is 0 Å². The molecule has 0 aromatic heterocycles. The predicted molar refractivity (Wildman–Crippen MR) is 170 cm³/mol. The van der Waals surface area contributed by atoms with E-state index in [0.29, 0.717) is 32.6 Å². The lowest BCUT2D eigenvalue weighted by Gasteiger charge is -2.39. The van der Waals surface area contributed by atoms with Gasteiger partial charge < -0.3 is 34.3 Å². The highest BCUT2D eigenvalue weighted by Crippen LogP contribution is 2.27. The molecule has 0 saturated heterocycles. The Bertz CT molecular complexity index is 718. The van der Waals surface area contributed by atoms with E-state index in [1.54, 1.807) is 4.90 Å². The van der Waals surface area contributed by atoms with Crippen molar-refractivity contribution in [3.8, 4) is 0 Å². The van der Waals surface area contributed by atoms with Crippen molar-refractivity contribution in [3.05, 3.63) is 0 Å². The molecule has 0 aliphatic carbocycles. The van der Waals surface area contributed by atoms with Crippen LogP contribution in [0.1, 0.15) is 89.5 Å². The Morgan fingerprint density at radius 1 is 0.725 bits per heavy atom. The number of hydrogen-bond donors (Lipinski definition) is 2. The number of rotatable bonds is 18. The maximum absolute atomic E-state index is 13.5. The van der Waals surface area contributed by atoms with Crippen molar-refractivity contribution in [2.24, 2.45) is 5.73 Å². The van der Waals surface area contributed by atoms with E-state index < -0.39 is 40.0 Å². The highest BCUT2D eigenvalue weighted by molar-refractivity contribution is 6.74. The van der Waals surface area contributed by atoms with Crippen LogP contribution < -0.4 is 11.1 Å². The second-order valence-electron chi connectivity index (χ2n) is 12.8. The van der Waals surface area contributed by atoms with E-state index >= 15 is 0 Å². The molecule has 0 aromatic carbocycles. The summed E-state index contributed by atoms with van der Waals surface area (Å²) in [5, 5.41) is 2.86. The second-order valence-corrected chi connectivity index (χ2v) is 22.3. The molecule has 0 heterocycles. The number of alkyl carbamates (subject to hydrolysis) is 1. The van der Waals surface area contributed by atoms with Crippen molar-refractivity contribution in [3.63, 3.8) is 0 Å². The summed E-state index contributed by atoms with van der Waals surface area (Å²) in [6, 6.07) is 5.95. The number of amides is 2. The van der Waals surface area contributed by atoms with E-state index in [1.165, 1.54) is 0 Å². The first kappa shape index (κ1) is 38.9. The molecule has 2 amide bonds. The lowest BCUT2D eigenvalue weighted by Crippen LogP contribution is -2.52. The van der Waals surface area contributed by atoms with Gasteiger partial charge >= 0.3 is 12.2 Å². The van der Waals surface area contributed by atoms with Gasteiger partial charge in [0.25, 0.3) is 0 Å². The molecule has 0 aliphatic rings. The molecule has 11 heteroatoms. The Kier molecular flexibility index (Phi) is 17.2. The van der Waals surface area contributed by atoms with Gasteiger partial charge in [-0.1, -0.05) is 41.5 Å². The van der Waals surface area contributed by atoms with Gasteiger partial charge in [-0.3, -0.25) is 0 Å². The lowest BCUT2D eigenvalue weighted by atomic mass is 10.2. The number of nitrogens with two attached hydrogens (primary N) is 1. The smallest absolute Gasteiger partial charge is 0.410 e. The zero-order valence-corrected chi connectivity index (χ0v) is 29.9. The third-order valence-corrected chi connectivity index (χ3v) is 17.0. The van der Waals surface area contributed by atoms with Crippen LogP contribution in [0.3, 0.4) is 0 Å². The molecule has 0 fully saturated rings. The molecule has 0 saturated carbocycles. The lowest BCUT2D eigenvalue weighted by molar-refractivity contribution is 0.00574. The van der Waals surface area contributed by atoms with E-state index in [4.69, 9.17) is 24.1 Å². The monoisotopic (exact) mass is 605 g/mol. The number of hydrogen-bond acceptors (Lipinski definition) is 7. The van der Waals surface area contributed by atoms with Crippen molar-refractivity contribution in [1.82, 2.24) is 10.2 Å². The van der Waals surface area contributed by atoms with Crippen LogP contribution >= 0.6 is 0 Å². The SMILES string of the molecule is CC[Si](CC)(CC)OC(CN)CN(CC(CCNC(=O)OC(C)(C)C)O[Si](CC)(CC)CC)C(=O)OC(C)(C)C. The second kappa shape index (κ2) is 17.7. The molecule has 9 nitrogen and oxygen atoms in total. The van der Waals surface area contributed by atoms with Crippen molar-refractivity contribution >= 4 is 28.8 Å². The van der Waals surface area contributed by atoms with Crippen LogP contribution in [0.4, 0.5) is 9.59 Å². The van der Waals surface area contributed by atoms with Crippen molar-refractivity contribution in [2.45, 2.75) is 149 Å². The maximum Gasteiger partial charge on any atom is 0.410 e. The van der Waals surface area contributed by atoms with Gasteiger partial charge in [0.15, 0.2) is 16.6 Å². The summed E-state index contributed by atoms with van der Waals surface area (Å²) in [5.74, 6) is 0. The van der Waals surface area contributed by atoms with Gasteiger partial charge in [-0.25, -0.2) is 9.59 Å². The first-order valence-electron chi connectivity index (χ1n) is 15.5. The molecular formula is C29H63N3O6Si2. The Morgan fingerprint density at radius 3 is 1.50 bits per heavy atom. The number of carbonyl (C=O) groups is 2. The molecule has 238 valence electrons. The van der Waals surface area contributed by atoms with Crippen LogP contribution in [0.15, 0.2) is 0 Å². The standard InChI is InChI=1S/C29H63N3O6Si2/c1-13-39(14-2,15-3)37-24(19-20-31-26(33)35-28(7,8)9)22-32(27(34)36-29(10,11)12)23-25(21-30)38-40(16-4,17-5)18-6/h24-25H,13-23,30H2,1-12H3,(H,31,33). The number of carbonyl (C=O) groups excluding carboxylic acids is 2. The maximum atomic E-state index is 13.5. The molecule has 0 spiro atoms. The summed E-state index contributed by atoms with van der Waals surface area (Å²) in [6.07, 6.45) is -0.893. The van der Waals surface area contributed by atoms with Gasteiger partial charge in [0.2, 0.25) is 0 Å². The first-order chi connectivity index (χ1) is 18.5. The molecule has 40 heavy (non-hydrogen) atoms. The summed E-state index contributed by atoms with van der Waals surface area (Å²) in [6.45, 7) is 25.6. The van der Waals surface area contributed by atoms with E-state index in [-0.39, 0.29) is 12.2 Å². The van der Waals surface area contributed by atoms with Crippen LogP contribution in [0, 0.1) is 0 Å². The molecule has 0 bridgehead atoms. The molecule has 0 rings (SSSR count). The zero-order chi connectivity index (χ0) is 31.2. The van der Waals surface area contributed by atoms with Gasteiger partial charge in [-0.15, -0.1) is 0 Å². The Morgan fingerprint density at radius 2 is 1.12 bits per heavy atom. The topological polar surface area (TPSA) is 112 Å². The van der Waals surface area contributed by atoms with Gasteiger partial charge in [-0.05, 0) is 84.2 Å². The minimum absolute atomic E-state index is 0.280. The minimum atomic E-state index is -2.02. The third-order valence-electron chi connectivity index (χ3n) is 7.60. The third kappa shape index (κ3) is 14.7. The summed E-state index contributed by atoms with van der Waals surface area (Å²) in [4.78, 5) is 27.5. The molecular weight excluding hydrogens is 543 g/mol. The quantitative estimate of drug-likeness (QED) is 0.164. The Labute approximate surface area is 247 Å². The van der Waals surface area contributed by atoms with E-state index in [1.807, 2.05) is 41.5 Å². The predicted octanol–water partition coefficient (Wildman–Crippen LogP) is 6.88.